The lowest BCUT2D eigenvalue weighted by atomic mass is 10.1. The first-order valence-electron chi connectivity index (χ1n) is 6.71. The summed E-state index contributed by atoms with van der Waals surface area (Å²) in [5.74, 6) is 0.988. The maximum Gasteiger partial charge on any atom is 0.237 e. The van der Waals surface area contributed by atoms with Crippen LogP contribution >= 0.6 is 0 Å². The number of hydrogen-bond acceptors (Lipinski definition) is 2. The Bertz CT molecular complexity index is 204. The molecule has 0 aromatic heterocycles. The molecule has 1 rings (SSSR count). The van der Waals surface area contributed by atoms with Crippen molar-refractivity contribution in [3.05, 3.63) is 0 Å². The number of amides is 1. The second kappa shape index (κ2) is 7.66. The molecule has 2 N–H and O–H groups in total. The van der Waals surface area contributed by atoms with E-state index in [1.807, 2.05) is 0 Å². The molecule has 0 radical (unpaired) electrons. The maximum atomic E-state index is 11.6. The van der Waals surface area contributed by atoms with Gasteiger partial charge in [0.25, 0.3) is 0 Å². The van der Waals surface area contributed by atoms with E-state index in [0.29, 0.717) is 0 Å². The second-order valence-corrected chi connectivity index (χ2v) is 5.18. The Morgan fingerprint density at radius 1 is 1.38 bits per heavy atom. The topological polar surface area (TPSA) is 41.1 Å². The van der Waals surface area contributed by atoms with Crippen molar-refractivity contribution in [3.8, 4) is 0 Å². The SMILES string of the molecule is CC(C)CCCCNC1CCCCNC1=O. The Labute approximate surface area is 99.4 Å². The summed E-state index contributed by atoms with van der Waals surface area (Å²) in [5.41, 5.74) is 0. The number of hydrogen-bond donors (Lipinski definition) is 2. The van der Waals surface area contributed by atoms with Gasteiger partial charge in [0.2, 0.25) is 5.91 Å². The highest BCUT2D eigenvalue weighted by Crippen LogP contribution is 2.07. The molecule has 16 heavy (non-hydrogen) atoms. The van der Waals surface area contributed by atoms with Crippen LogP contribution in [0.4, 0.5) is 0 Å². The maximum absolute atomic E-state index is 11.6. The lowest BCUT2D eigenvalue weighted by Crippen LogP contribution is -2.43. The third-order valence-electron chi connectivity index (χ3n) is 3.13. The smallest absolute Gasteiger partial charge is 0.237 e. The van der Waals surface area contributed by atoms with Gasteiger partial charge in [0.1, 0.15) is 0 Å². The van der Waals surface area contributed by atoms with Gasteiger partial charge < -0.3 is 10.6 Å². The zero-order valence-corrected chi connectivity index (χ0v) is 10.7. The van der Waals surface area contributed by atoms with Gasteiger partial charge in [-0.15, -0.1) is 0 Å². The molecule has 0 aromatic rings. The lowest BCUT2D eigenvalue weighted by molar-refractivity contribution is -0.122. The van der Waals surface area contributed by atoms with Crippen LogP contribution in [0.25, 0.3) is 0 Å². The summed E-state index contributed by atoms with van der Waals surface area (Å²) in [5, 5.41) is 6.33. The minimum Gasteiger partial charge on any atom is -0.355 e. The molecule has 1 unspecified atom stereocenters. The van der Waals surface area contributed by atoms with E-state index in [1.165, 1.54) is 19.3 Å². The van der Waals surface area contributed by atoms with Crippen LogP contribution < -0.4 is 10.6 Å². The highest BCUT2D eigenvalue weighted by atomic mass is 16.2. The molecule has 1 amide bonds. The van der Waals surface area contributed by atoms with Gasteiger partial charge in [-0.1, -0.05) is 26.7 Å². The van der Waals surface area contributed by atoms with Crippen molar-refractivity contribution in [2.75, 3.05) is 13.1 Å². The predicted octanol–water partition coefficient (Wildman–Crippen LogP) is 2.07. The number of nitrogens with one attached hydrogen (secondary N) is 2. The number of unbranched alkanes of at least 4 members (excludes halogenated alkanes) is 1. The van der Waals surface area contributed by atoms with E-state index in [-0.39, 0.29) is 11.9 Å². The Morgan fingerprint density at radius 2 is 2.19 bits per heavy atom. The lowest BCUT2D eigenvalue weighted by Gasteiger charge is -2.15. The Hall–Kier alpha value is -0.570. The van der Waals surface area contributed by atoms with Gasteiger partial charge in [0, 0.05) is 6.54 Å². The molecule has 1 aliphatic rings. The van der Waals surface area contributed by atoms with Crippen molar-refractivity contribution in [2.24, 2.45) is 5.92 Å². The van der Waals surface area contributed by atoms with Crippen LogP contribution in [0.2, 0.25) is 0 Å². The van der Waals surface area contributed by atoms with Gasteiger partial charge in [0.05, 0.1) is 6.04 Å². The normalized spacial score (nSPS) is 21.9. The molecule has 3 heteroatoms. The monoisotopic (exact) mass is 226 g/mol. The molecule has 1 aliphatic heterocycles. The standard InChI is InChI=1S/C13H26N2O/c1-11(2)7-3-5-9-14-12-8-4-6-10-15-13(12)16/h11-12,14H,3-10H2,1-2H3,(H,15,16). The number of carbonyl (C=O) groups is 1. The first-order chi connectivity index (χ1) is 7.70. The molecular formula is C13H26N2O. The van der Waals surface area contributed by atoms with Crippen molar-refractivity contribution in [1.29, 1.82) is 0 Å². The van der Waals surface area contributed by atoms with Gasteiger partial charge in [-0.25, -0.2) is 0 Å². The molecule has 94 valence electrons. The first-order valence-corrected chi connectivity index (χ1v) is 6.71. The molecule has 3 nitrogen and oxygen atoms in total. The largest absolute Gasteiger partial charge is 0.355 e. The van der Waals surface area contributed by atoms with Gasteiger partial charge in [0.15, 0.2) is 0 Å². The van der Waals surface area contributed by atoms with E-state index in [9.17, 15) is 4.79 Å². The minimum atomic E-state index is 0.0570. The molecule has 0 bridgehead atoms. The molecule has 0 aliphatic carbocycles. The zero-order valence-electron chi connectivity index (χ0n) is 10.7. The van der Waals surface area contributed by atoms with Crippen molar-refractivity contribution < 1.29 is 4.79 Å². The summed E-state index contributed by atoms with van der Waals surface area (Å²) in [6.07, 6.45) is 7.01. The Kier molecular flexibility index (Phi) is 6.46. The van der Waals surface area contributed by atoms with Crippen molar-refractivity contribution in [3.63, 3.8) is 0 Å². The molecule has 1 heterocycles. The average molecular weight is 226 g/mol. The second-order valence-electron chi connectivity index (χ2n) is 5.18. The van der Waals surface area contributed by atoms with Gasteiger partial charge >= 0.3 is 0 Å². The molecule has 0 aromatic carbocycles. The molecule has 1 atom stereocenters. The van der Waals surface area contributed by atoms with Crippen LogP contribution in [0.15, 0.2) is 0 Å². The molecule has 0 saturated carbocycles. The summed E-state index contributed by atoms with van der Waals surface area (Å²) >= 11 is 0. The van der Waals surface area contributed by atoms with E-state index in [2.05, 4.69) is 24.5 Å². The van der Waals surface area contributed by atoms with Crippen LogP contribution in [-0.4, -0.2) is 25.0 Å². The number of rotatable bonds is 6. The van der Waals surface area contributed by atoms with Crippen molar-refractivity contribution in [1.82, 2.24) is 10.6 Å². The van der Waals surface area contributed by atoms with Crippen LogP contribution in [0.1, 0.15) is 52.4 Å². The van der Waals surface area contributed by atoms with E-state index < -0.39 is 0 Å². The summed E-state index contributed by atoms with van der Waals surface area (Å²) in [6.45, 7) is 6.34. The summed E-state index contributed by atoms with van der Waals surface area (Å²) < 4.78 is 0. The zero-order chi connectivity index (χ0) is 11.8. The van der Waals surface area contributed by atoms with Crippen LogP contribution in [0, 0.1) is 5.92 Å². The van der Waals surface area contributed by atoms with Gasteiger partial charge in [-0.3, -0.25) is 4.79 Å². The van der Waals surface area contributed by atoms with Crippen LogP contribution in [0.5, 0.6) is 0 Å². The predicted molar refractivity (Wildman–Crippen MR) is 67.3 cm³/mol. The third-order valence-corrected chi connectivity index (χ3v) is 3.13. The summed E-state index contributed by atoms with van der Waals surface area (Å²) in [6, 6.07) is 0.0570. The summed E-state index contributed by atoms with van der Waals surface area (Å²) in [7, 11) is 0. The van der Waals surface area contributed by atoms with Gasteiger partial charge in [-0.05, 0) is 38.1 Å². The molecule has 1 saturated heterocycles. The van der Waals surface area contributed by atoms with Gasteiger partial charge in [-0.2, -0.15) is 0 Å². The van der Waals surface area contributed by atoms with Crippen molar-refractivity contribution in [2.45, 2.75) is 58.4 Å². The molecule has 0 spiro atoms. The summed E-state index contributed by atoms with van der Waals surface area (Å²) in [4.78, 5) is 11.6. The highest BCUT2D eigenvalue weighted by Gasteiger charge is 2.19. The van der Waals surface area contributed by atoms with E-state index in [4.69, 9.17) is 0 Å². The minimum absolute atomic E-state index is 0.0570. The Balaban J connectivity index is 2.08. The fourth-order valence-corrected chi connectivity index (χ4v) is 2.09. The average Bonchev–Trinajstić information content (AvgIpc) is 2.43. The van der Waals surface area contributed by atoms with E-state index >= 15 is 0 Å². The molecule has 1 fully saturated rings. The highest BCUT2D eigenvalue weighted by molar-refractivity contribution is 5.81. The van der Waals surface area contributed by atoms with Crippen LogP contribution in [0.3, 0.4) is 0 Å². The fourth-order valence-electron chi connectivity index (χ4n) is 2.09. The first kappa shape index (κ1) is 13.5. The van der Waals surface area contributed by atoms with E-state index in [0.717, 1.165) is 38.3 Å². The van der Waals surface area contributed by atoms with E-state index in [1.54, 1.807) is 0 Å². The van der Waals surface area contributed by atoms with Crippen LogP contribution in [-0.2, 0) is 4.79 Å². The fraction of sp³-hybridized carbons (Fsp3) is 0.923. The number of carbonyl (C=O) groups excluding carboxylic acids is 1. The quantitative estimate of drug-likeness (QED) is 0.681. The Morgan fingerprint density at radius 3 is 2.94 bits per heavy atom. The third kappa shape index (κ3) is 5.50. The van der Waals surface area contributed by atoms with Crippen molar-refractivity contribution >= 4 is 5.91 Å². The molecular weight excluding hydrogens is 200 g/mol.